The van der Waals surface area contributed by atoms with Crippen LogP contribution in [0.1, 0.15) is 42.5 Å². The number of amides is 1. The molecule has 0 radical (unpaired) electrons. The Morgan fingerprint density at radius 2 is 1.74 bits per heavy atom. The Hall–Kier alpha value is -3.33. The standard InChI is InChI=1S/C22H25N3O5S/c1-14-6-9-16(10-7-14)25-31(27,28)18-12-15(8-11-17(18)29-5)21(26)23-20-13-19(30-24-20)22(2,3)4/h6-13,25H,1-5H3,(H,23,24,26). The Labute approximate surface area is 181 Å². The molecule has 0 bridgehead atoms. The average molecular weight is 444 g/mol. The molecule has 3 rings (SSSR count). The van der Waals surface area contributed by atoms with E-state index in [1.165, 1.54) is 25.3 Å². The van der Waals surface area contributed by atoms with Crippen LogP contribution in [0.5, 0.6) is 5.75 Å². The number of ether oxygens (including phenoxy) is 1. The van der Waals surface area contributed by atoms with Crippen molar-refractivity contribution in [1.29, 1.82) is 0 Å². The lowest BCUT2D eigenvalue weighted by molar-refractivity contribution is 0.102. The highest BCUT2D eigenvalue weighted by molar-refractivity contribution is 7.92. The number of carbonyl (C=O) groups excluding carboxylic acids is 1. The molecule has 1 amide bonds. The fourth-order valence-corrected chi connectivity index (χ4v) is 3.99. The zero-order valence-electron chi connectivity index (χ0n) is 18.0. The van der Waals surface area contributed by atoms with Crippen LogP contribution in [0.25, 0.3) is 0 Å². The number of hydrogen-bond acceptors (Lipinski definition) is 6. The molecule has 0 unspecified atom stereocenters. The summed E-state index contributed by atoms with van der Waals surface area (Å²) < 4.78 is 38.9. The molecule has 2 aromatic carbocycles. The maximum absolute atomic E-state index is 13.0. The molecule has 0 aliphatic rings. The molecule has 0 saturated heterocycles. The van der Waals surface area contributed by atoms with Crippen molar-refractivity contribution in [2.24, 2.45) is 0 Å². The third kappa shape index (κ3) is 5.24. The molecular formula is C22H25N3O5S. The first kappa shape index (κ1) is 22.4. The van der Waals surface area contributed by atoms with Crippen LogP contribution in [0.4, 0.5) is 11.5 Å². The van der Waals surface area contributed by atoms with Gasteiger partial charge in [0.25, 0.3) is 15.9 Å². The van der Waals surface area contributed by atoms with Crippen molar-refractivity contribution in [3.05, 3.63) is 65.4 Å². The summed E-state index contributed by atoms with van der Waals surface area (Å²) in [6.07, 6.45) is 0. The van der Waals surface area contributed by atoms with Crippen LogP contribution in [0, 0.1) is 6.92 Å². The lowest BCUT2D eigenvalue weighted by Crippen LogP contribution is -2.17. The highest BCUT2D eigenvalue weighted by Gasteiger charge is 2.24. The van der Waals surface area contributed by atoms with E-state index in [-0.39, 0.29) is 27.4 Å². The molecule has 1 heterocycles. The topological polar surface area (TPSA) is 111 Å². The van der Waals surface area contributed by atoms with Crippen molar-refractivity contribution >= 4 is 27.4 Å². The lowest BCUT2D eigenvalue weighted by atomic mass is 9.93. The van der Waals surface area contributed by atoms with Crippen LogP contribution in [0.2, 0.25) is 0 Å². The second kappa shape index (κ2) is 8.43. The summed E-state index contributed by atoms with van der Waals surface area (Å²) >= 11 is 0. The molecule has 0 saturated carbocycles. The monoisotopic (exact) mass is 443 g/mol. The summed E-state index contributed by atoms with van der Waals surface area (Å²) in [5.74, 6) is 0.451. The highest BCUT2D eigenvalue weighted by atomic mass is 32.2. The van der Waals surface area contributed by atoms with E-state index in [2.05, 4.69) is 15.2 Å². The molecule has 1 aromatic heterocycles. The fraction of sp³-hybridized carbons (Fsp3) is 0.273. The number of aromatic nitrogens is 1. The number of sulfonamides is 1. The minimum Gasteiger partial charge on any atom is -0.495 e. The Balaban J connectivity index is 1.88. The van der Waals surface area contributed by atoms with E-state index >= 15 is 0 Å². The van der Waals surface area contributed by atoms with Gasteiger partial charge in [-0.1, -0.05) is 43.6 Å². The summed E-state index contributed by atoms with van der Waals surface area (Å²) in [4.78, 5) is 12.5. The SMILES string of the molecule is COc1ccc(C(=O)Nc2cc(C(C)(C)C)on2)cc1S(=O)(=O)Nc1ccc(C)cc1. The number of hydrogen-bond donors (Lipinski definition) is 2. The minimum atomic E-state index is -4.00. The van der Waals surface area contributed by atoms with Gasteiger partial charge in [-0.15, -0.1) is 0 Å². The Morgan fingerprint density at radius 3 is 2.32 bits per heavy atom. The molecule has 0 aliphatic heterocycles. The second-order valence-electron chi connectivity index (χ2n) is 8.12. The number of nitrogens with one attached hydrogen (secondary N) is 2. The number of carbonyl (C=O) groups is 1. The van der Waals surface area contributed by atoms with E-state index in [1.807, 2.05) is 27.7 Å². The van der Waals surface area contributed by atoms with Crippen LogP contribution in [0.15, 0.2) is 57.9 Å². The molecule has 164 valence electrons. The van der Waals surface area contributed by atoms with E-state index < -0.39 is 15.9 Å². The van der Waals surface area contributed by atoms with Crippen molar-refractivity contribution in [2.45, 2.75) is 38.0 Å². The van der Waals surface area contributed by atoms with Gasteiger partial charge < -0.3 is 14.6 Å². The van der Waals surface area contributed by atoms with Crippen molar-refractivity contribution in [3.8, 4) is 5.75 Å². The first-order valence-electron chi connectivity index (χ1n) is 9.56. The van der Waals surface area contributed by atoms with Gasteiger partial charge in [0.15, 0.2) is 5.82 Å². The lowest BCUT2D eigenvalue weighted by Gasteiger charge is -2.13. The summed E-state index contributed by atoms with van der Waals surface area (Å²) in [5, 5.41) is 6.48. The van der Waals surface area contributed by atoms with Crippen molar-refractivity contribution in [3.63, 3.8) is 0 Å². The smallest absolute Gasteiger partial charge is 0.265 e. The normalized spacial score (nSPS) is 11.8. The van der Waals surface area contributed by atoms with Crippen molar-refractivity contribution < 1.29 is 22.5 Å². The number of anilines is 2. The molecule has 3 aromatic rings. The van der Waals surface area contributed by atoms with Gasteiger partial charge in [0.2, 0.25) is 0 Å². The molecule has 8 nitrogen and oxygen atoms in total. The molecule has 0 aliphatic carbocycles. The number of rotatable bonds is 6. The molecular weight excluding hydrogens is 418 g/mol. The number of methoxy groups -OCH3 is 1. The van der Waals surface area contributed by atoms with Gasteiger partial charge in [0.1, 0.15) is 16.4 Å². The average Bonchev–Trinajstić information content (AvgIpc) is 3.18. The Morgan fingerprint density at radius 1 is 1.06 bits per heavy atom. The number of aryl methyl sites for hydroxylation is 1. The summed E-state index contributed by atoms with van der Waals surface area (Å²) in [7, 11) is -2.64. The van der Waals surface area contributed by atoms with Gasteiger partial charge in [0, 0.05) is 22.7 Å². The van der Waals surface area contributed by atoms with Crippen molar-refractivity contribution in [1.82, 2.24) is 5.16 Å². The Bertz CT molecular complexity index is 1190. The van der Waals surface area contributed by atoms with E-state index in [1.54, 1.807) is 30.3 Å². The van der Waals surface area contributed by atoms with Gasteiger partial charge in [-0.2, -0.15) is 0 Å². The molecule has 9 heteroatoms. The molecule has 0 spiro atoms. The van der Waals surface area contributed by atoms with Crippen LogP contribution in [0.3, 0.4) is 0 Å². The van der Waals surface area contributed by atoms with Gasteiger partial charge in [-0.3, -0.25) is 9.52 Å². The largest absolute Gasteiger partial charge is 0.495 e. The minimum absolute atomic E-state index is 0.118. The van der Waals surface area contributed by atoms with E-state index in [0.717, 1.165) is 5.56 Å². The van der Waals surface area contributed by atoms with Crippen LogP contribution < -0.4 is 14.8 Å². The van der Waals surface area contributed by atoms with Gasteiger partial charge in [0.05, 0.1) is 7.11 Å². The van der Waals surface area contributed by atoms with E-state index in [4.69, 9.17) is 9.26 Å². The second-order valence-corrected chi connectivity index (χ2v) is 9.77. The zero-order valence-corrected chi connectivity index (χ0v) is 18.8. The molecule has 0 fully saturated rings. The molecule has 2 N–H and O–H groups in total. The fourth-order valence-electron chi connectivity index (χ4n) is 2.74. The van der Waals surface area contributed by atoms with Gasteiger partial charge in [-0.05, 0) is 37.3 Å². The molecule has 0 atom stereocenters. The third-order valence-electron chi connectivity index (χ3n) is 4.51. The van der Waals surface area contributed by atoms with Crippen LogP contribution in [-0.2, 0) is 15.4 Å². The maximum Gasteiger partial charge on any atom is 0.265 e. The number of benzene rings is 2. The summed E-state index contributed by atoms with van der Waals surface area (Å²) in [5.41, 5.74) is 1.27. The first-order valence-corrected chi connectivity index (χ1v) is 11.0. The van der Waals surface area contributed by atoms with Crippen LogP contribution >= 0.6 is 0 Å². The summed E-state index contributed by atoms with van der Waals surface area (Å²) in [6.45, 7) is 7.78. The third-order valence-corrected chi connectivity index (χ3v) is 5.91. The van der Waals surface area contributed by atoms with Gasteiger partial charge in [-0.25, -0.2) is 8.42 Å². The molecule has 31 heavy (non-hydrogen) atoms. The van der Waals surface area contributed by atoms with Gasteiger partial charge >= 0.3 is 0 Å². The summed E-state index contributed by atoms with van der Waals surface area (Å²) in [6, 6.07) is 12.7. The first-order chi connectivity index (χ1) is 14.5. The highest BCUT2D eigenvalue weighted by Crippen LogP contribution is 2.28. The predicted octanol–water partition coefficient (Wildman–Crippen LogP) is 4.34. The van der Waals surface area contributed by atoms with E-state index in [9.17, 15) is 13.2 Å². The van der Waals surface area contributed by atoms with Crippen LogP contribution in [-0.4, -0.2) is 26.6 Å². The van der Waals surface area contributed by atoms with Crippen molar-refractivity contribution in [2.75, 3.05) is 17.1 Å². The number of nitrogens with zero attached hydrogens (tertiary/aromatic N) is 1. The maximum atomic E-state index is 13.0. The zero-order chi connectivity index (χ0) is 22.8. The Kier molecular flexibility index (Phi) is 6.08. The predicted molar refractivity (Wildman–Crippen MR) is 118 cm³/mol. The quantitative estimate of drug-likeness (QED) is 0.586. The van der Waals surface area contributed by atoms with E-state index in [0.29, 0.717) is 11.4 Å².